The van der Waals surface area contributed by atoms with Gasteiger partial charge in [0.25, 0.3) is 5.91 Å². The van der Waals surface area contributed by atoms with E-state index in [2.05, 4.69) is 27.8 Å². The van der Waals surface area contributed by atoms with Crippen LogP contribution in [0.2, 0.25) is 0 Å². The number of carbonyl (C=O) groups is 1. The molecule has 3 heterocycles. The number of aliphatic imine (C=N–C) groups is 1. The highest BCUT2D eigenvalue weighted by Gasteiger charge is 2.13. The van der Waals surface area contributed by atoms with Crippen molar-refractivity contribution < 1.29 is 9.53 Å². The summed E-state index contributed by atoms with van der Waals surface area (Å²) in [5, 5.41) is 9.25. The number of nitrogens with one attached hydrogen (secondary N) is 2. The fraction of sp³-hybridized carbons (Fsp3) is 0.200. The lowest BCUT2D eigenvalue weighted by Gasteiger charge is -2.12. The maximum Gasteiger partial charge on any atom is 0.258 e. The van der Waals surface area contributed by atoms with E-state index in [-0.39, 0.29) is 18.6 Å². The first-order valence-electron chi connectivity index (χ1n) is 10.7. The Morgan fingerprint density at radius 1 is 1.15 bits per heavy atom. The van der Waals surface area contributed by atoms with E-state index in [4.69, 9.17) is 14.7 Å². The average molecular weight is 458 g/mol. The number of fused-ring (bicyclic) bond motifs is 2. The quantitative estimate of drug-likeness (QED) is 0.410. The number of ether oxygens (including phenoxy) is 1. The topological polar surface area (TPSA) is 88.5 Å². The third kappa shape index (κ3) is 4.70. The number of aromatic nitrogens is 2. The minimum absolute atomic E-state index is 0.0408. The van der Waals surface area contributed by atoms with Gasteiger partial charge in [-0.3, -0.25) is 9.79 Å². The highest BCUT2D eigenvalue weighted by atomic mass is 32.1. The Labute approximate surface area is 195 Å². The van der Waals surface area contributed by atoms with Crippen LogP contribution in [0.5, 0.6) is 5.75 Å². The number of thiophene rings is 1. The predicted octanol–water partition coefficient (Wildman–Crippen LogP) is 4.94. The summed E-state index contributed by atoms with van der Waals surface area (Å²) >= 11 is 1.57. The number of nitrogens with zero attached hydrogens (tertiary/aromatic N) is 3. The molecule has 0 radical (unpaired) electrons. The van der Waals surface area contributed by atoms with Gasteiger partial charge in [0.2, 0.25) is 0 Å². The van der Waals surface area contributed by atoms with Crippen LogP contribution in [0, 0.1) is 0 Å². The van der Waals surface area contributed by atoms with E-state index in [0.29, 0.717) is 11.6 Å². The van der Waals surface area contributed by atoms with Gasteiger partial charge in [0.1, 0.15) is 16.4 Å². The molecule has 0 bridgehead atoms. The number of hydrogen-bond donors (Lipinski definition) is 2. The normalized spacial score (nSPS) is 12.2. The standard InChI is InChI=1S/C25H23N5O2S/c1-15(2)27-22(31)14-32-20-5-3-4-16(11-20)23-29-24(21-8-9-33-25(21)30-23)28-19-7-6-17-12-26-13-18(17)10-19/h3-11,13,15H,12,14H2,1-2H3,(H,27,31)(H,28,29,30). The number of carbonyl (C=O) groups excluding carboxylic acids is 1. The van der Waals surface area contributed by atoms with Crippen LogP contribution in [0.4, 0.5) is 11.5 Å². The van der Waals surface area contributed by atoms with Gasteiger partial charge in [-0.15, -0.1) is 11.3 Å². The van der Waals surface area contributed by atoms with Crippen molar-refractivity contribution in [1.82, 2.24) is 15.3 Å². The Balaban J connectivity index is 1.42. The molecule has 33 heavy (non-hydrogen) atoms. The number of rotatable bonds is 7. The lowest BCUT2D eigenvalue weighted by atomic mass is 10.1. The van der Waals surface area contributed by atoms with Crippen LogP contribution in [0.25, 0.3) is 21.6 Å². The van der Waals surface area contributed by atoms with Crippen LogP contribution in [-0.4, -0.2) is 34.7 Å². The number of benzene rings is 2. The summed E-state index contributed by atoms with van der Waals surface area (Å²) in [5.74, 6) is 1.77. The minimum Gasteiger partial charge on any atom is -0.484 e. The van der Waals surface area contributed by atoms with Crippen molar-refractivity contribution in [2.24, 2.45) is 4.99 Å². The van der Waals surface area contributed by atoms with Crippen molar-refractivity contribution in [3.63, 3.8) is 0 Å². The second-order valence-electron chi connectivity index (χ2n) is 8.08. The molecule has 2 aromatic carbocycles. The summed E-state index contributed by atoms with van der Waals surface area (Å²) in [6.07, 6.45) is 1.90. The fourth-order valence-corrected chi connectivity index (χ4v) is 4.40. The minimum atomic E-state index is -0.155. The first kappa shape index (κ1) is 21.1. The van der Waals surface area contributed by atoms with Crippen molar-refractivity contribution in [2.75, 3.05) is 11.9 Å². The van der Waals surface area contributed by atoms with Gasteiger partial charge in [0.05, 0.1) is 11.9 Å². The molecule has 0 saturated heterocycles. The third-order valence-electron chi connectivity index (χ3n) is 5.14. The summed E-state index contributed by atoms with van der Waals surface area (Å²) in [4.78, 5) is 26.7. The maximum atomic E-state index is 11.9. The molecule has 0 saturated carbocycles. The van der Waals surface area contributed by atoms with Crippen LogP contribution in [0.3, 0.4) is 0 Å². The number of anilines is 2. The summed E-state index contributed by atoms with van der Waals surface area (Å²) in [6.45, 7) is 4.53. The molecule has 1 aliphatic heterocycles. The van der Waals surface area contributed by atoms with E-state index >= 15 is 0 Å². The van der Waals surface area contributed by atoms with Crippen molar-refractivity contribution in [3.05, 3.63) is 65.0 Å². The molecule has 0 fully saturated rings. The molecule has 0 atom stereocenters. The van der Waals surface area contributed by atoms with Crippen molar-refractivity contribution >= 4 is 45.2 Å². The molecular weight excluding hydrogens is 434 g/mol. The smallest absolute Gasteiger partial charge is 0.258 e. The van der Waals surface area contributed by atoms with Gasteiger partial charge in [-0.25, -0.2) is 9.97 Å². The van der Waals surface area contributed by atoms with E-state index in [1.807, 2.05) is 61.8 Å². The Morgan fingerprint density at radius 2 is 2.06 bits per heavy atom. The second kappa shape index (κ2) is 8.99. The van der Waals surface area contributed by atoms with Crippen molar-refractivity contribution in [1.29, 1.82) is 0 Å². The first-order chi connectivity index (χ1) is 16.0. The van der Waals surface area contributed by atoms with Crippen LogP contribution in [0.15, 0.2) is 58.9 Å². The molecule has 0 aliphatic carbocycles. The Kier molecular flexibility index (Phi) is 5.75. The van der Waals surface area contributed by atoms with E-state index < -0.39 is 0 Å². The highest BCUT2D eigenvalue weighted by molar-refractivity contribution is 7.16. The summed E-state index contributed by atoms with van der Waals surface area (Å²) in [6, 6.07) is 15.8. The third-order valence-corrected chi connectivity index (χ3v) is 5.94. The second-order valence-corrected chi connectivity index (χ2v) is 8.98. The molecule has 1 aliphatic rings. The average Bonchev–Trinajstić information content (AvgIpc) is 3.46. The molecule has 2 N–H and O–H groups in total. The highest BCUT2D eigenvalue weighted by Crippen LogP contribution is 2.32. The van der Waals surface area contributed by atoms with Gasteiger partial charge in [-0.1, -0.05) is 18.2 Å². The largest absolute Gasteiger partial charge is 0.484 e. The van der Waals surface area contributed by atoms with Gasteiger partial charge in [-0.05, 0) is 60.7 Å². The molecule has 0 unspecified atom stereocenters. The summed E-state index contributed by atoms with van der Waals surface area (Å²) < 4.78 is 5.68. The number of amides is 1. The SMILES string of the molecule is CC(C)NC(=O)COc1cccc(-c2nc(Nc3ccc4c(c3)C=NC4)c3ccsc3n2)c1. The lowest BCUT2D eigenvalue weighted by molar-refractivity contribution is -0.123. The molecule has 1 amide bonds. The van der Waals surface area contributed by atoms with E-state index in [9.17, 15) is 4.79 Å². The summed E-state index contributed by atoms with van der Waals surface area (Å²) in [5.41, 5.74) is 4.12. The molecule has 8 heteroatoms. The fourth-order valence-electron chi connectivity index (χ4n) is 3.63. The van der Waals surface area contributed by atoms with Crippen LogP contribution in [-0.2, 0) is 11.3 Å². The molecule has 7 nitrogen and oxygen atoms in total. The Morgan fingerprint density at radius 3 is 2.94 bits per heavy atom. The van der Waals surface area contributed by atoms with Gasteiger partial charge >= 0.3 is 0 Å². The van der Waals surface area contributed by atoms with Crippen molar-refractivity contribution in [2.45, 2.75) is 26.4 Å². The molecular formula is C25H23N5O2S. The first-order valence-corrected chi connectivity index (χ1v) is 11.6. The molecule has 2 aromatic heterocycles. The zero-order valence-electron chi connectivity index (χ0n) is 18.3. The van der Waals surface area contributed by atoms with Gasteiger partial charge < -0.3 is 15.4 Å². The zero-order valence-corrected chi connectivity index (χ0v) is 19.1. The molecule has 4 aromatic rings. The summed E-state index contributed by atoms with van der Waals surface area (Å²) in [7, 11) is 0. The lowest BCUT2D eigenvalue weighted by Crippen LogP contribution is -2.34. The predicted molar refractivity (Wildman–Crippen MR) is 133 cm³/mol. The monoisotopic (exact) mass is 457 g/mol. The Hall–Kier alpha value is -3.78. The molecule has 5 rings (SSSR count). The van der Waals surface area contributed by atoms with Crippen LogP contribution in [0.1, 0.15) is 25.0 Å². The maximum absolute atomic E-state index is 11.9. The molecule has 0 spiro atoms. The zero-order chi connectivity index (χ0) is 22.8. The van der Waals surface area contributed by atoms with E-state index in [1.165, 1.54) is 5.56 Å². The molecule has 166 valence electrons. The van der Waals surface area contributed by atoms with Gasteiger partial charge in [0.15, 0.2) is 12.4 Å². The van der Waals surface area contributed by atoms with E-state index in [0.717, 1.165) is 39.4 Å². The number of hydrogen-bond acceptors (Lipinski definition) is 7. The van der Waals surface area contributed by atoms with Gasteiger partial charge in [0, 0.05) is 23.5 Å². The van der Waals surface area contributed by atoms with Crippen LogP contribution >= 0.6 is 11.3 Å². The van der Waals surface area contributed by atoms with Crippen molar-refractivity contribution in [3.8, 4) is 17.1 Å². The van der Waals surface area contributed by atoms with E-state index in [1.54, 1.807) is 11.3 Å². The Bertz CT molecular complexity index is 1360. The van der Waals surface area contributed by atoms with Gasteiger partial charge in [-0.2, -0.15) is 0 Å². The van der Waals surface area contributed by atoms with Crippen LogP contribution < -0.4 is 15.4 Å².